The lowest BCUT2D eigenvalue weighted by atomic mass is 10.0. The highest BCUT2D eigenvalue weighted by atomic mass is 19.3. The van der Waals surface area contributed by atoms with Gasteiger partial charge in [0.2, 0.25) is 0 Å². The number of nitrogens with zero attached hydrogens (tertiary/aromatic N) is 1. The van der Waals surface area contributed by atoms with Crippen LogP contribution in [-0.2, 0) is 0 Å². The van der Waals surface area contributed by atoms with Crippen LogP contribution in [0.1, 0.15) is 11.6 Å². The molecule has 106 valence electrons. The summed E-state index contributed by atoms with van der Waals surface area (Å²) in [6.45, 7) is 0.444. The van der Waals surface area contributed by atoms with Gasteiger partial charge < -0.3 is 5.32 Å². The maximum Gasteiger partial charge on any atom is 0.319 e. The summed E-state index contributed by atoms with van der Waals surface area (Å²) < 4.78 is 51.0. The van der Waals surface area contributed by atoms with Gasteiger partial charge in [-0.3, -0.25) is 4.90 Å². The minimum Gasteiger partial charge on any atom is -0.314 e. The molecule has 2 rings (SSSR count). The predicted octanol–water partition coefficient (Wildman–Crippen LogP) is 2.53. The van der Waals surface area contributed by atoms with E-state index in [1.807, 2.05) is 30.3 Å². The zero-order chi connectivity index (χ0) is 13.9. The molecule has 1 aromatic rings. The first kappa shape index (κ1) is 14.3. The van der Waals surface area contributed by atoms with E-state index in [9.17, 15) is 17.6 Å². The van der Waals surface area contributed by atoms with Gasteiger partial charge in [0.15, 0.2) is 0 Å². The van der Waals surface area contributed by atoms with Gasteiger partial charge in [0.25, 0.3) is 0 Å². The first-order valence-electron chi connectivity index (χ1n) is 6.16. The van der Waals surface area contributed by atoms with Gasteiger partial charge in [0, 0.05) is 25.7 Å². The third-order valence-electron chi connectivity index (χ3n) is 3.27. The fraction of sp³-hybridized carbons (Fsp3) is 0.538. The number of halogens is 4. The Labute approximate surface area is 109 Å². The Hall–Kier alpha value is -1.14. The van der Waals surface area contributed by atoms with Crippen molar-refractivity contribution in [3.8, 4) is 0 Å². The molecule has 2 nitrogen and oxygen atoms in total. The molecule has 0 spiro atoms. The Bertz CT molecular complexity index is 397. The van der Waals surface area contributed by atoms with Crippen LogP contribution in [0.4, 0.5) is 17.6 Å². The molecule has 1 saturated heterocycles. The van der Waals surface area contributed by atoms with Crippen LogP contribution in [0.2, 0.25) is 0 Å². The molecule has 0 saturated carbocycles. The van der Waals surface area contributed by atoms with Crippen molar-refractivity contribution in [2.24, 2.45) is 0 Å². The molecule has 0 aliphatic carbocycles. The fourth-order valence-corrected chi connectivity index (χ4v) is 2.28. The second-order valence-electron chi connectivity index (χ2n) is 4.66. The highest BCUT2D eigenvalue weighted by molar-refractivity contribution is 5.20. The van der Waals surface area contributed by atoms with Gasteiger partial charge in [-0.15, -0.1) is 0 Å². The number of alkyl halides is 4. The van der Waals surface area contributed by atoms with E-state index in [1.54, 1.807) is 0 Å². The van der Waals surface area contributed by atoms with Gasteiger partial charge in [-0.25, -0.2) is 8.78 Å². The first-order chi connectivity index (χ1) is 9.00. The molecule has 6 heteroatoms. The molecule has 0 radical (unpaired) electrons. The summed E-state index contributed by atoms with van der Waals surface area (Å²) in [4.78, 5) is 1.43. The summed E-state index contributed by atoms with van der Waals surface area (Å²) in [6, 6.07) is 8.81. The number of nitrogens with one attached hydrogen (secondary N) is 1. The topological polar surface area (TPSA) is 15.3 Å². The van der Waals surface area contributed by atoms with Crippen molar-refractivity contribution in [1.82, 2.24) is 10.2 Å². The third-order valence-corrected chi connectivity index (χ3v) is 3.27. The van der Waals surface area contributed by atoms with Gasteiger partial charge in [0.05, 0.1) is 6.54 Å². The summed E-state index contributed by atoms with van der Waals surface area (Å²) in [5, 5.41) is 3.10. The third kappa shape index (κ3) is 3.45. The van der Waals surface area contributed by atoms with Crippen molar-refractivity contribution in [1.29, 1.82) is 0 Å². The highest BCUT2D eigenvalue weighted by Gasteiger charge is 2.44. The molecular formula is C13H16F4N2. The van der Waals surface area contributed by atoms with E-state index in [-0.39, 0.29) is 6.04 Å². The first-order valence-corrected chi connectivity index (χ1v) is 6.16. The second-order valence-corrected chi connectivity index (χ2v) is 4.66. The van der Waals surface area contributed by atoms with Crippen LogP contribution in [0.25, 0.3) is 0 Å². The SMILES string of the molecule is FC(F)C(F)(F)CN1CCNCC1c1ccccc1. The molecule has 1 atom stereocenters. The molecule has 19 heavy (non-hydrogen) atoms. The average molecular weight is 276 g/mol. The van der Waals surface area contributed by atoms with Crippen LogP contribution >= 0.6 is 0 Å². The molecule has 1 aliphatic heterocycles. The summed E-state index contributed by atoms with van der Waals surface area (Å²) in [5.41, 5.74) is 0.861. The normalized spacial score (nSPS) is 21.8. The van der Waals surface area contributed by atoms with Gasteiger partial charge in [-0.1, -0.05) is 30.3 Å². The monoisotopic (exact) mass is 276 g/mol. The molecule has 1 unspecified atom stereocenters. The second kappa shape index (κ2) is 5.88. The van der Waals surface area contributed by atoms with Gasteiger partial charge in [-0.2, -0.15) is 8.78 Å². The Morgan fingerprint density at radius 2 is 1.95 bits per heavy atom. The maximum atomic E-state index is 13.2. The van der Waals surface area contributed by atoms with E-state index in [2.05, 4.69) is 5.32 Å². The number of rotatable bonds is 4. The molecule has 1 N–H and O–H groups in total. The van der Waals surface area contributed by atoms with E-state index >= 15 is 0 Å². The molecule has 1 fully saturated rings. The summed E-state index contributed by atoms with van der Waals surface area (Å²) in [7, 11) is 0. The van der Waals surface area contributed by atoms with Gasteiger partial charge >= 0.3 is 12.3 Å². The minimum atomic E-state index is -3.97. The van der Waals surface area contributed by atoms with E-state index in [4.69, 9.17) is 0 Å². The van der Waals surface area contributed by atoms with Crippen molar-refractivity contribution < 1.29 is 17.6 Å². The lowest BCUT2D eigenvalue weighted by molar-refractivity contribution is -0.147. The zero-order valence-corrected chi connectivity index (χ0v) is 10.3. The lowest BCUT2D eigenvalue weighted by Gasteiger charge is -2.38. The van der Waals surface area contributed by atoms with Crippen LogP contribution in [0.3, 0.4) is 0 Å². The molecule has 0 amide bonds. The van der Waals surface area contributed by atoms with Crippen molar-refractivity contribution >= 4 is 0 Å². The summed E-state index contributed by atoms with van der Waals surface area (Å²) >= 11 is 0. The largest absolute Gasteiger partial charge is 0.319 e. The molecule has 1 aliphatic rings. The average Bonchev–Trinajstić information content (AvgIpc) is 2.40. The van der Waals surface area contributed by atoms with Gasteiger partial charge in [0.1, 0.15) is 0 Å². The molecule has 0 aromatic heterocycles. The number of hydrogen-bond acceptors (Lipinski definition) is 2. The van der Waals surface area contributed by atoms with Crippen LogP contribution in [0, 0.1) is 0 Å². The van der Waals surface area contributed by atoms with Crippen molar-refractivity contribution in [3.63, 3.8) is 0 Å². The molecule has 1 heterocycles. The minimum absolute atomic E-state index is 0.292. The Morgan fingerprint density at radius 3 is 2.58 bits per heavy atom. The fourth-order valence-electron chi connectivity index (χ4n) is 2.28. The van der Waals surface area contributed by atoms with E-state index in [0.717, 1.165) is 5.56 Å². The van der Waals surface area contributed by atoms with E-state index in [1.165, 1.54) is 4.90 Å². The van der Waals surface area contributed by atoms with E-state index in [0.29, 0.717) is 19.6 Å². The van der Waals surface area contributed by atoms with Gasteiger partial charge in [-0.05, 0) is 5.56 Å². The number of benzene rings is 1. The predicted molar refractivity (Wildman–Crippen MR) is 64.6 cm³/mol. The van der Waals surface area contributed by atoms with Crippen LogP contribution < -0.4 is 5.32 Å². The summed E-state index contributed by atoms with van der Waals surface area (Å²) in [6.07, 6.45) is -3.63. The van der Waals surface area contributed by atoms with E-state index < -0.39 is 18.9 Å². The smallest absolute Gasteiger partial charge is 0.314 e. The van der Waals surface area contributed by atoms with Crippen LogP contribution in [-0.4, -0.2) is 43.4 Å². The Balaban J connectivity index is 2.13. The summed E-state index contributed by atoms with van der Waals surface area (Å²) in [5.74, 6) is -3.97. The van der Waals surface area contributed by atoms with Crippen LogP contribution in [0.15, 0.2) is 30.3 Å². The zero-order valence-electron chi connectivity index (χ0n) is 10.3. The molecule has 1 aromatic carbocycles. The lowest BCUT2D eigenvalue weighted by Crippen LogP contribution is -2.51. The quantitative estimate of drug-likeness (QED) is 0.850. The highest BCUT2D eigenvalue weighted by Crippen LogP contribution is 2.29. The number of hydrogen-bond donors (Lipinski definition) is 1. The standard InChI is InChI=1S/C13H16F4N2/c14-12(15)13(16,17)9-19-7-6-18-8-11(19)10-4-2-1-3-5-10/h1-5,11-12,18H,6-9H2. The van der Waals surface area contributed by atoms with Crippen LogP contribution in [0.5, 0.6) is 0 Å². The Morgan fingerprint density at radius 1 is 1.26 bits per heavy atom. The maximum absolute atomic E-state index is 13.2. The Kier molecular flexibility index (Phi) is 4.42. The number of piperazine rings is 1. The molecular weight excluding hydrogens is 260 g/mol. The molecule has 0 bridgehead atoms. The van der Waals surface area contributed by atoms with Crippen molar-refractivity contribution in [2.75, 3.05) is 26.2 Å². The van der Waals surface area contributed by atoms with Crippen molar-refractivity contribution in [3.05, 3.63) is 35.9 Å². The van der Waals surface area contributed by atoms with Crippen molar-refractivity contribution in [2.45, 2.75) is 18.4 Å².